The third kappa shape index (κ3) is 3.11. The molecule has 1 atom stereocenters. The number of benzene rings is 1. The second-order valence-corrected chi connectivity index (χ2v) is 4.94. The number of nitrogens with one attached hydrogen (secondary N) is 2. The first-order valence-electron chi connectivity index (χ1n) is 5.64. The maximum atomic E-state index is 6.11. The van der Waals surface area contributed by atoms with E-state index in [9.17, 15) is 0 Å². The lowest BCUT2D eigenvalue weighted by atomic mass is 10.1. The van der Waals surface area contributed by atoms with E-state index in [0.717, 1.165) is 35.2 Å². The van der Waals surface area contributed by atoms with Crippen molar-refractivity contribution in [3.8, 4) is 0 Å². The molecule has 1 aromatic rings. The minimum atomic E-state index is 0.529. The summed E-state index contributed by atoms with van der Waals surface area (Å²) in [5, 5.41) is 8.34. The van der Waals surface area contributed by atoms with Crippen LogP contribution in [0, 0.1) is 0 Å². The van der Waals surface area contributed by atoms with Crippen molar-refractivity contribution >= 4 is 23.2 Å². The molecule has 0 radical (unpaired) electrons. The Balaban J connectivity index is 1.93. The molecule has 2 N–H and O–H groups in total. The first-order valence-corrected chi connectivity index (χ1v) is 6.40. The van der Waals surface area contributed by atoms with Crippen molar-refractivity contribution in [2.45, 2.75) is 25.4 Å². The quantitative estimate of drug-likeness (QED) is 0.872. The smallest absolute Gasteiger partial charge is 0.0465 e. The van der Waals surface area contributed by atoms with Crippen LogP contribution < -0.4 is 10.6 Å². The topological polar surface area (TPSA) is 24.1 Å². The summed E-state index contributed by atoms with van der Waals surface area (Å²) in [7, 11) is 0. The van der Waals surface area contributed by atoms with E-state index < -0.39 is 0 Å². The van der Waals surface area contributed by atoms with Crippen molar-refractivity contribution in [3.05, 3.63) is 33.8 Å². The van der Waals surface area contributed by atoms with Crippen LogP contribution in [0.3, 0.4) is 0 Å². The molecule has 1 fully saturated rings. The van der Waals surface area contributed by atoms with Gasteiger partial charge in [0.2, 0.25) is 0 Å². The summed E-state index contributed by atoms with van der Waals surface area (Å²) in [6.07, 6.45) is 2.45. The molecule has 1 aliphatic rings. The third-order valence-corrected chi connectivity index (χ3v) is 3.63. The van der Waals surface area contributed by atoms with E-state index in [1.807, 2.05) is 18.2 Å². The monoisotopic (exact) mass is 258 g/mol. The summed E-state index contributed by atoms with van der Waals surface area (Å²) in [6, 6.07) is 6.16. The average Bonchev–Trinajstić information content (AvgIpc) is 2.30. The zero-order chi connectivity index (χ0) is 11.4. The Morgan fingerprint density at radius 1 is 1.31 bits per heavy atom. The van der Waals surface area contributed by atoms with E-state index >= 15 is 0 Å². The number of hydrogen-bond donors (Lipinski definition) is 2. The highest BCUT2D eigenvalue weighted by atomic mass is 35.5. The van der Waals surface area contributed by atoms with Crippen LogP contribution in [0.15, 0.2) is 18.2 Å². The third-order valence-electron chi connectivity index (χ3n) is 2.93. The maximum Gasteiger partial charge on any atom is 0.0465 e. The van der Waals surface area contributed by atoms with Gasteiger partial charge in [0.25, 0.3) is 0 Å². The van der Waals surface area contributed by atoms with Crippen molar-refractivity contribution < 1.29 is 0 Å². The van der Waals surface area contributed by atoms with Gasteiger partial charge in [0, 0.05) is 34.7 Å². The molecular weight excluding hydrogens is 243 g/mol. The molecule has 0 spiro atoms. The number of rotatable bonds is 3. The first-order chi connectivity index (χ1) is 7.77. The van der Waals surface area contributed by atoms with Crippen LogP contribution in [-0.4, -0.2) is 19.1 Å². The van der Waals surface area contributed by atoms with Gasteiger partial charge in [0.1, 0.15) is 0 Å². The van der Waals surface area contributed by atoms with E-state index in [2.05, 4.69) is 10.6 Å². The van der Waals surface area contributed by atoms with Gasteiger partial charge in [0.05, 0.1) is 0 Å². The Morgan fingerprint density at radius 3 is 2.69 bits per heavy atom. The highest BCUT2D eigenvalue weighted by molar-refractivity contribution is 6.35. The summed E-state index contributed by atoms with van der Waals surface area (Å²) in [5.41, 5.74) is 0.997. The molecule has 4 heteroatoms. The lowest BCUT2D eigenvalue weighted by Gasteiger charge is -2.24. The Morgan fingerprint density at radius 2 is 2.06 bits per heavy atom. The van der Waals surface area contributed by atoms with Crippen LogP contribution in [0.25, 0.3) is 0 Å². The molecule has 88 valence electrons. The molecule has 1 aliphatic heterocycles. The van der Waals surface area contributed by atoms with Gasteiger partial charge in [-0.2, -0.15) is 0 Å². The summed E-state index contributed by atoms with van der Waals surface area (Å²) in [6.45, 7) is 2.90. The van der Waals surface area contributed by atoms with Crippen molar-refractivity contribution in [2.24, 2.45) is 0 Å². The number of piperidine rings is 1. The SMILES string of the molecule is Clc1cccc(Cl)c1CNC1CCCNC1. The lowest BCUT2D eigenvalue weighted by Crippen LogP contribution is -2.42. The Hall–Kier alpha value is -0.280. The van der Waals surface area contributed by atoms with Crippen LogP contribution in [0.1, 0.15) is 18.4 Å². The number of halogens is 2. The molecule has 2 nitrogen and oxygen atoms in total. The molecule has 1 saturated heterocycles. The van der Waals surface area contributed by atoms with Crippen LogP contribution in [0.4, 0.5) is 0 Å². The zero-order valence-electron chi connectivity index (χ0n) is 9.10. The van der Waals surface area contributed by atoms with E-state index in [0.29, 0.717) is 6.04 Å². The summed E-state index contributed by atoms with van der Waals surface area (Å²) < 4.78 is 0. The molecule has 0 aliphatic carbocycles. The minimum Gasteiger partial charge on any atom is -0.315 e. The Labute approximate surface area is 106 Å². The zero-order valence-corrected chi connectivity index (χ0v) is 10.6. The van der Waals surface area contributed by atoms with Gasteiger partial charge in [-0.25, -0.2) is 0 Å². The second-order valence-electron chi connectivity index (χ2n) is 4.12. The Kier molecular flexibility index (Phi) is 4.47. The number of hydrogen-bond acceptors (Lipinski definition) is 2. The van der Waals surface area contributed by atoms with E-state index in [1.165, 1.54) is 12.8 Å². The molecular formula is C12H16Cl2N2. The van der Waals surface area contributed by atoms with Crippen LogP contribution in [0.5, 0.6) is 0 Å². The standard InChI is InChI=1S/C12H16Cl2N2/c13-11-4-1-5-12(14)10(11)8-16-9-3-2-6-15-7-9/h1,4-5,9,15-16H,2-3,6-8H2. The Bertz CT molecular complexity index is 329. The molecule has 0 saturated carbocycles. The summed E-state index contributed by atoms with van der Waals surface area (Å²) in [5.74, 6) is 0. The van der Waals surface area contributed by atoms with Crippen LogP contribution in [-0.2, 0) is 6.54 Å². The average molecular weight is 259 g/mol. The van der Waals surface area contributed by atoms with Gasteiger partial charge < -0.3 is 10.6 Å². The van der Waals surface area contributed by atoms with Gasteiger partial charge in [-0.3, -0.25) is 0 Å². The van der Waals surface area contributed by atoms with Gasteiger partial charge in [-0.1, -0.05) is 29.3 Å². The molecule has 1 unspecified atom stereocenters. The van der Waals surface area contributed by atoms with E-state index in [1.54, 1.807) is 0 Å². The fraction of sp³-hybridized carbons (Fsp3) is 0.500. The van der Waals surface area contributed by atoms with Crippen LogP contribution in [0.2, 0.25) is 10.0 Å². The first kappa shape index (κ1) is 12.2. The van der Waals surface area contributed by atoms with Gasteiger partial charge >= 0.3 is 0 Å². The molecule has 16 heavy (non-hydrogen) atoms. The van der Waals surface area contributed by atoms with Crippen molar-refractivity contribution in [1.82, 2.24) is 10.6 Å². The highest BCUT2D eigenvalue weighted by Gasteiger charge is 2.13. The molecule has 0 bridgehead atoms. The fourth-order valence-corrected chi connectivity index (χ4v) is 2.50. The van der Waals surface area contributed by atoms with E-state index in [-0.39, 0.29) is 0 Å². The van der Waals surface area contributed by atoms with Crippen LogP contribution >= 0.6 is 23.2 Å². The fourth-order valence-electron chi connectivity index (χ4n) is 1.97. The molecule has 0 amide bonds. The lowest BCUT2D eigenvalue weighted by molar-refractivity contribution is 0.389. The maximum absolute atomic E-state index is 6.11. The predicted octanol–water partition coefficient (Wildman–Crippen LogP) is 2.84. The molecule has 1 heterocycles. The van der Waals surface area contributed by atoms with E-state index in [4.69, 9.17) is 23.2 Å². The van der Waals surface area contributed by atoms with Gasteiger partial charge in [-0.05, 0) is 31.5 Å². The van der Waals surface area contributed by atoms with Crippen molar-refractivity contribution in [2.75, 3.05) is 13.1 Å². The highest BCUT2D eigenvalue weighted by Crippen LogP contribution is 2.24. The molecule has 1 aromatic carbocycles. The van der Waals surface area contributed by atoms with Crippen molar-refractivity contribution in [1.29, 1.82) is 0 Å². The normalized spacial score (nSPS) is 21.0. The largest absolute Gasteiger partial charge is 0.315 e. The predicted molar refractivity (Wildman–Crippen MR) is 69.2 cm³/mol. The second kappa shape index (κ2) is 5.87. The minimum absolute atomic E-state index is 0.529. The van der Waals surface area contributed by atoms with Gasteiger partial charge in [-0.15, -0.1) is 0 Å². The molecule has 2 rings (SSSR count). The summed E-state index contributed by atoms with van der Waals surface area (Å²) >= 11 is 12.2. The van der Waals surface area contributed by atoms with Gasteiger partial charge in [0.15, 0.2) is 0 Å². The van der Waals surface area contributed by atoms with Crippen molar-refractivity contribution in [3.63, 3.8) is 0 Å². The molecule has 0 aromatic heterocycles. The summed E-state index contributed by atoms with van der Waals surface area (Å²) in [4.78, 5) is 0.